The average Bonchev–Trinajstić information content (AvgIpc) is 2.42. The number of nitrogens with two attached hydrogens (primary N) is 1. The van der Waals surface area contributed by atoms with Gasteiger partial charge in [-0.1, -0.05) is 12.1 Å². The number of hydrogen-bond acceptors (Lipinski definition) is 5. The Kier molecular flexibility index (Phi) is 6.13. The quantitative estimate of drug-likeness (QED) is 0.444. The third-order valence-corrected chi connectivity index (χ3v) is 5.57. The van der Waals surface area contributed by atoms with Gasteiger partial charge in [0.15, 0.2) is 0 Å². The number of benzene rings is 1. The predicted molar refractivity (Wildman–Crippen MR) is 72.6 cm³/mol. The van der Waals surface area contributed by atoms with Gasteiger partial charge in [0, 0.05) is 27.4 Å². The lowest BCUT2D eigenvalue weighted by Gasteiger charge is -2.24. The normalized spacial score (nSPS) is 11.5. The van der Waals surface area contributed by atoms with Crippen molar-refractivity contribution >= 4 is 14.5 Å². The Morgan fingerprint density at radius 2 is 1.67 bits per heavy atom. The number of anilines is 1. The van der Waals surface area contributed by atoms with Gasteiger partial charge in [-0.2, -0.15) is 0 Å². The van der Waals surface area contributed by atoms with Gasteiger partial charge in [0.2, 0.25) is 0 Å². The van der Waals surface area contributed by atoms with Crippen LogP contribution in [0.5, 0.6) is 5.75 Å². The summed E-state index contributed by atoms with van der Waals surface area (Å²) in [6, 6.07) is 8.14. The number of ether oxygens (including phenoxy) is 1. The van der Waals surface area contributed by atoms with Crippen molar-refractivity contribution in [2.45, 2.75) is 12.5 Å². The minimum absolute atomic E-state index is 0.555. The van der Waals surface area contributed by atoms with Gasteiger partial charge in [-0.15, -0.1) is 0 Å². The van der Waals surface area contributed by atoms with Crippen LogP contribution in [0.25, 0.3) is 0 Å². The first kappa shape index (κ1) is 15.0. The Bertz CT molecular complexity index is 349. The van der Waals surface area contributed by atoms with Crippen molar-refractivity contribution < 1.29 is 18.0 Å². The highest BCUT2D eigenvalue weighted by molar-refractivity contribution is 6.60. The van der Waals surface area contributed by atoms with Crippen molar-refractivity contribution in [1.29, 1.82) is 0 Å². The molecule has 0 bridgehead atoms. The lowest BCUT2D eigenvalue weighted by atomic mass is 10.3. The van der Waals surface area contributed by atoms with E-state index in [0.717, 1.165) is 6.42 Å². The van der Waals surface area contributed by atoms with Crippen molar-refractivity contribution in [2.24, 2.45) is 0 Å². The molecule has 0 saturated carbocycles. The molecule has 5 nitrogen and oxygen atoms in total. The third kappa shape index (κ3) is 3.99. The summed E-state index contributed by atoms with van der Waals surface area (Å²) in [6.07, 6.45) is 0.788. The Hall–Kier alpha value is -1.08. The lowest BCUT2D eigenvalue weighted by Crippen LogP contribution is -2.42. The second kappa shape index (κ2) is 7.37. The van der Waals surface area contributed by atoms with Crippen LogP contribution in [0.1, 0.15) is 6.42 Å². The molecule has 0 heterocycles. The van der Waals surface area contributed by atoms with E-state index in [1.165, 1.54) is 0 Å². The fourth-order valence-electron chi connectivity index (χ4n) is 1.64. The molecule has 0 amide bonds. The molecule has 0 spiro atoms. The Morgan fingerprint density at radius 3 is 2.22 bits per heavy atom. The molecule has 0 atom stereocenters. The van der Waals surface area contributed by atoms with E-state index in [1.54, 1.807) is 21.3 Å². The summed E-state index contributed by atoms with van der Waals surface area (Å²) in [5.41, 5.74) is 6.42. The number of para-hydroxylation sites is 2. The first-order valence-electron chi connectivity index (χ1n) is 5.80. The van der Waals surface area contributed by atoms with Gasteiger partial charge in [0.05, 0.1) is 12.3 Å². The maximum atomic E-state index is 5.78. The zero-order valence-electron chi connectivity index (χ0n) is 11.1. The molecule has 0 aromatic heterocycles. The molecule has 0 aliphatic carbocycles. The summed E-state index contributed by atoms with van der Waals surface area (Å²) >= 11 is 0. The largest absolute Gasteiger partial charge is 0.500 e. The molecule has 0 radical (unpaired) electrons. The first-order chi connectivity index (χ1) is 8.67. The minimum Gasteiger partial charge on any atom is -0.491 e. The summed E-state index contributed by atoms with van der Waals surface area (Å²) in [6.45, 7) is 0.555. The van der Waals surface area contributed by atoms with Crippen LogP contribution < -0.4 is 10.5 Å². The van der Waals surface area contributed by atoms with E-state index in [-0.39, 0.29) is 0 Å². The Morgan fingerprint density at radius 1 is 1.06 bits per heavy atom. The molecular weight excluding hydrogens is 250 g/mol. The summed E-state index contributed by atoms with van der Waals surface area (Å²) in [4.78, 5) is 0. The SMILES string of the molecule is CO[Si](CCCOc1ccccc1N)(OC)OC. The minimum atomic E-state index is -2.48. The summed E-state index contributed by atoms with van der Waals surface area (Å²) in [5, 5.41) is 0. The highest BCUT2D eigenvalue weighted by atomic mass is 28.4. The molecule has 102 valence electrons. The van der Waals surface area contributed by atoms with Crippen LogP contribution in [0.15, 0.2) is 24.3 Å². The van der Waals surface area contributed by atoms with Gasteiger partial charge in [0.1, 0.15) is 5.75 Å². The van der Waals surface area contributed by atoms with Gasteiger partial charge in [-0.3, -0.25) is 0 Å². The zero-order valence-corrected chi connectivity index (χ0v) is 12.1. The molecule has 2 N–H and O–H groups in total. The smallest absolute Gasteiger partial charge is 0.491 e. The van der Waals surface area contributed by atoms with E-state index in [0.29, 0.717) is 24.1 Å². The maximum Gasteiger partial charge on any atom is 0.500 e. The van der Waals surface area contributed by atoms with Crippen molar-refractivity contribution in [3.8, 4) is 5.75 Å². The van der Waals surface area contributed by atoms with Crippen LogP contribution in [0.4, 0.5) is 5.69 Å². The van der Waals surface area contributed by atoms with Crippen LogP contribution in [0, 0.1) is 0 Å². The van der Waals surface area contributed by atoms with Crippen LogP contribution >= 0.6 is 0 Å². The second-order valence-corrected chi connectivity index (χ2v) is 6.88. The fraction of sp³-hybridized carbons (Fsp3) is 0.500. The predicted octanol–water partition coefficient (Wildman–Crippen LogP) is 1.92. The molecule has 1 aromatic carbocycles. The Labute approximate surface area is 109 Å². The highest BCUT2D eigenvalue weighted by Gasteiger charge is 2.36. The molecule has 0 aliphatic rings. The van der Waals surface area contributed by atoms with Gasteiger partial charge in [-0.05, 0) is 18.6 Å². The third-order valence-electron chi connectivity index (χ3n) is 2.74. The van der Waals surface area contributed by atoms with E-state index in [4.69, 9.17) is 23.7 Å². The molecule has 1 aromatic rings. The average molecular weight is 271 g/mol. The van der Waals surface area contributed by atoms with Crippen LogP contribution in [0.3, 0.4) is 0 Å². The highest BCUT2D eigenvalue weighted by Crippen LogP contribution is 2.21. The topological polar surface area (TPSA) is 62.9 Å². The maximum absolute atomic E-state index is 5.78. The van der Waals surface area contributed by atoms with Crippen molar-refractivity contribution in [1.82, 2.24) is 0 Å². The van der Waals surface area contributed by atoms with E-state index in [2.05, 4.69) is 0 Å². The van der Waals surface area contributed by atoms with Crippen LogP contribution in [-0.2, 0) is 13.3 Å². The molecule has 1 rings (SSSR count). The van der Waals surface area contributed by atoms with E-state index < -0.39 is 8.80 Å². The fourth-order valence-corrected chi connectivity index (χ4v) is 3.33. The number of nitrogen functional groups attached to an aromatic ring is 1. The van der Waals surface area contributed by atoms with Gasteiger partial charge < -0.3 is 23.7 Å². The van der Waals surface area contributed by atoms with E-state index >= 15 is 0 Å². The van der Waals surface area contributed by atoms with Gasteiger partial charge in [0.25, 0.3) is 0 Å². The van der Waals surface area contributed by atoms with Crippen molar-refractivity contribution in [2.75, 3.05) is 33.7 Å². The number of rotatable bonds is 8. The molecular formula is C12H21NO4Si. The molecule has 0 saturated heterocycles. The molecule has 0 aliphatic heterocycles. The summed E-state index contributed by atoms with van der Waals surface area (Å²) in [7, 11) is 2.34. The molecule has 18 heavy (non-hydrogen) atoms. The monoisotopic (exact) mass is 271 g/mol. The van der Waals surface area contributed by atoms with Gasteiger partial charge >= 0.3 is 8.80 Å². The van der Waals surface area contributed by atoms with E-state index in [1.807, 2.05) is 24.3 Å². The molecule has 0 fully saturated rings. The standard InChI is InChI=1S/C12H21NO4Si/c1-14-18(15-2,16-3)10-6-9-17-12-8-5-4-7-11(12)13/h4-5,7-8H,6,9-10,13H2,1-3H3. The van der Waals surface area contributed by atoms with Crippen LogP contribution in [-0.4, -0.2) is 36.7 Å². The number of hydrogen-bond donors (Lipinski definition) is 1. The lowest BCUT2D eigenvalue weighted by molar-refractivity contribution is 0.121. The van der Waals surface area contributed by atoms with Crippen molar-refractivity contribution in [3.05, 3.63) is 24.3 Å². The summed E-state index contributed by atoms with van der Waals surface area (Å²) < 4.78 is 21.6. The van der Waals surface area contributed by atoms with Crippen LogP contribution in [0.2, 0.25) is 6.04 Å². The van der Waals surface area contributed by atoms with Crippen molar-refractivity contribution in [3.63, 3.8) is 0 Å². The summed E-state index contributed by atoms with van der Waals surface area (Å²) in [5.74, 6) is 0.706. The van der Waals surface area contributed by atoms with Gasteiger partial charge in [-0.25, -0.2) is 0 Å². The Balaban J connectivity index is 2.37. The van der Waals surface area contributed by atoms with E-state index in [9.17, 15) is 0 Å². The zero-order chi connectivity index (χ0) is 13.4. The second-order valence-electron chi connectivity index (χ2n) is 3.79. The first-order valence-corrected chi connectivity index (χ1v) is 7.73. The molecule has 0 unspecified atom stereocenters. The molecule has 6 heteroatoms.